The van der Waals surface area contributed by atoms with Crippen molar-refractivity contribution >= 4 is 17.0 Å². The number of fused-ring (bicyclic) bond motifs is 1. The number of likely N-dealkylation sites (tertiary alicyclic amines) is 1. The van der Waals surface area contributed by atoms with E-state index in [1.165, 1.54) is 0 Å². The minimum absolute atomic E-state index is 0.229. The zero-order valence-corrected chi connectivity index (χ0v) is 16.5. The number of carbonyl (C=O) groups excluding carboxylic acids is 1. The Morgan fingerprint density at radius 2 is 1.93 bits per heavy atom. The number of ether oxygens (including phenoxy) is 3. The highest BCUT2D eigenvalue weighted by atomic mass is 16.6. The third kappa shape index (κ3) is 5.02. The molecule has 1 aliphatic heterocycles. The molecule has 1 fully saturated rings. The second kappa shape index (κ2) is 8.03. The number of para-hydroxylation sites is 1. The van der Waals surface area contributed by atoms with Crippen molar-refractivity contribution in [2.24, 2.45) is 5.92 Å². The van der Waals surface area contributed by atoms with Crippen molar-refractivity contribution in [3.63, 3.8) is 0 Å². The van der Waals surface area contributed by atoms with E-state index in [-0.39, 0.29) is 6.09 Å². The Balaban J connectivity index is 1.56. The van der Waals surface area contributed by atoms with Gasteiger partial charge < -0.3 is 19.1 Å². The van der Waals surface area contributed by atoms with E-state index < -0.39 is 5.60 Å². The minimum atomic E-state index is -0.459. The predicted octanol–water partition coefficient (Wildman–Crippen LogP) is 4.27. The van der Waals surface area contributed by atoms with Crippen LogP contribution < -0.4 is 9.47 Å². The summed E-state index contributed by atoms with van der Waals surface area (Å²) in [7, 11) is 1.61. The highest BCUT2D eigenvalue weighted by molar-refractivity contribution is 5.84. The summed E-state index contributed by atoms with van der Waals surface area (Å²) >= 11 is 0. The van der Waals surface area contributed by atoms with Crippen LogP contribution in [0.15, 0.2) is 30.3 Å². The lowest BCUT2D eigenvalue weighted by Crippen LogP contribution is -2.42. The molecule has 1 aromatic heterocycles. The van der Waals surface area contributed by atoms with E-state index in [9.17, 15) is 4.79 Å². The van der Waals surface area contributed by atoms with Crippen LogP contribution in [-0.4, -0.2) is 48.4 Å². The molecule has 0 atom stereocenters. The van der Waals surface area contributed by atoms with Gasteiger partial charge in [0.25, 0.3) is 0 Å². The summed E-state index contributed by atoms with van der Waals surface area (Å²) in [4.78, 5) is 18.5. The SMILES string of the molecule is COc1ccc2cccc(OCC3CCN(C(=O)OC(C)(C)C)CC3)c2n1. The lowest BCUT2D eigenvalue weighted by Gasteiger charge is -2.33. The van der Waals surface area contributed by atoms with E-state index in [4.69, 9.17) is 14.2 Å². The van der Waals surface area contributed by atoms with Crippen molar-refractivity contribution in [1.82, 2.24) is 9.88 Å². The maximum absolute atomic E-state index is 12.2. The summed E-state index contributed by atoms with van der Waals surface area (Å²) in [6.07, 6.45) is 1.58. The topological polar surface area (TPSA) is 60.9 Å². The first-order valence-electron chi connectivity index (χ1n) is 9.40. The monoisotopic (exact) mass is 372 g/mol. The first kappa shape index (κ1) is 19.3. The third-order valence-electron chi connectivity index (χ3n) is 4.61. The van der Waals surface area contributed by atoms with Crippen LogP contribution in [0.25, 0.3) is 10.9 Å². The second-order valence-corrected chi connectivity index (χ2v) is 7.90. The number of benzene rings is 1. The number of aromatic nitrogens is 1. The van der Waals surface area contributed by atoms with Gasteiger partial charge in [-0.15, -0.1) is 0 Å². The van der Waals surface area contributed by atoms with Crippen LogP contribution >= 0.6 is 0 Å². The fraction of sp³-hybridized carbons (Fsp3) is 0.524. The van der Waals surface area contributed by atoms with Gasteiger partial charge >= 0.3 is 6.09 Å². The third-order valence-corrected chi connectivity index (χ3v) is 4.61. The second-order valence-electron chi connectivity index (χ2n) is 7.90. The Labute approximate surface area is 160 Å². The maximum atomic E-state index is 12.2. The molecule has 1 saturated heterocycles. The van der Waals surface area contributed by atoms with E-state index in [2.05, 4.69) is 4.98 Å². The predicted molar refractivity (Wildman–Crippen MR) is 104 cm³/mol. The minimum Gasteiger partial charge on any atom is -0.491 e. The standard InChI is InChI=1S/C21H28N2O4/c1-21(2,3)27-20(24)23-12-10-15(11-13-23)14-26-17-7-5-6-16-8-9-18(25-4)22-19(16)17/h5-9,15H,10-14H2,1-4H3. The molecule has 6 heteroatoms. The zero-order chi connectivity index (χ0) is 19.4. The fourth-order valence-electron chi connectivity index (χ4n) is 3.15. The molecule has 0 bridgehead atoms. The number of carbonyl (C=O) groups is 1. The average molecular weight is 372 g/mol. The molecule has 1 aliphatic rings. The number of hydrogen-bond acceptors (Lipinski definition) is 5. The molecule has 2 aromatic rings. The number of nitrogens with zero attached hydrogens (tertiary/aromatic N) is 2. The number of rotatable bonds is 4. The van der Waals surface area contributed by atoms with Crippen LogP contribution in [0.2, 0.25) is 0 Å². The summed E-state index contributed by atoms with van der Waals surface area (Å²) in [5, 5.41) is 1.02. The van der Waals surface area contributed by atoms with Gasteiger partial charge in [-0.1, -0.05) is 12.1 Å². The highest BCUT2D eigenvalue weighted by Gasteiger charge is 2.27. The Kier molecular flexibility index (Phi) is 5.73. The van der Waals surface area contributed by atoms with Gasteiger partial charge in [0.15, 0.2) is 0 Å². The molecular formula is C21H28N2O4. The molecule has 0 saturated carbocycles. The Morgan fingerprint density at radius 3 is 2.59 bits per heavy atom. The zero-order valence-electron chi connectivity index (χ0n) is 16.5. The molecule has 0 spiro atoms. The largest absolute Gasteiger partial charge is 0.491 e. The molecule has 0 radical (unpaired) electrons. The van der Waals surface area contributed by atoms with Crippen LogP contribution in [0, 0.1) is 5.92 Å². The fourth-order valence-corrected chi connectivity index (χ4v) is 3.15. The lowest BCUT2D eigenvalue weighted by molar-refractivity contribution is 0.0165. The van der Waals surface area contributed by atoms with Crippen LogP contribution in [-0.2, 0) is 4.74 Å². The van der Waals surface area contributed by atoms with Crippen molar-refractivity contribution in [3.05, 3.63) is 30.3 Å². The Morgan fingerprint density at radius 1 is 1.19 bits per heavy atom. The van der Waals surface area contributed by atoms with E-state index in [0.29, 0.717) is 31.5 Å². The summed E-state index contributed by atoms with van der Waals surface area (Å²) in [5.41, 5.74) is 0.350. The molecule has 1 amide bonds. The van der Waals surface area contributed by atoms with Crippen LogP contribution in [0.5, 0.6) is 11.6 Å². The van der Waals surface area contributed by atoms with Crippen molar-refractivity contribution in [2.75, 3.05) is 26.8 Å². The molecular weight excluding hydrogens is 344 g/mol. The Bertz CT molecular complexity index is 792. The number of methoxy groups -OCH3 is 1. The normalized spacial score (nSPS) is 15.6. The molecule has 6 nitrogen and oxygen atoms in total. The summed E-state index contributed by atoms with van der Waals surface area (Å²) in [6, 6.07) is 9.74. The van der Waals surface area contributed by atoms with Gasteiger partial charge in [0.05, 0.1) is 13.7 Å². The maximum Gasteiger partial charge on any atom is 0.410 e. The number of piperidine rings is 1. The smallest absolute Gasteiger partial charge is 0.410 e. The number of pyridine rings is 1. The molecule has 146 valence electrons. The van der Waals surface area contributed by atoms with Gasteiger partial charge in [-0.05, 0) is 51.7 Å². The van der Waals surface area contributed by atoms with Gasteiger partial charge in [-0.25, -0.2) is 9.78 Å². The summed E-state index contributed by atoms with van der Waals surface area (Å²) < 4.78 is 16.8. The highest BCUT2D eigenvalue weighted by Crippen LogP contribution is 2.27. The Hall–Kier alpha value is -2.50. The molecule has 0 unspecified atom stereocenters. The van der Waals surface area contributed by atoms with Crippen LogP contribution in [0.4, 0.5) is 4.79 Å². The van der Waals surface area contributed by atoms with E-state index >= 15 is 0 Å². The molecule has 0 aliphatic carbocycles. The van der Waals surface area contributed by atoms with Crippen molar-refractivity contribution in [2.45, 2.75) is 39.2 Å². The van der Waals surface area contributed by atoms with Crippen molar-refractivity contribution in [1.29, 1.82) is 0 Å². The van der Waals surface area contributed by atoms with Gasteiger partial charge in [-0.2, -0.15) is 0 Å². The van der Waals surface area contributed by atoms with Gasteiger partial charge in [0.2, 0.25) is 5.88 Å². The van der Waals surface area contributed by atoms with E-state index in [1.807, 2.05) is 51.1 Å². The van der Waals surface area contributed by atoms with Gasteiger partial charge in [0.1, 0.15) is 16.9 Å². The first-order valence-corrected chi connectivity index (χ1v) is 9.40. The first-order chi connectivity index (χ1) is 12.9. The molecule has 3 rings (SSSR count). The van der Waals surface area contributed by atoms with E-state index in [0.717, 1.165) is 29.5 Å². The quantitative estimate of drug-likeness (QED) is 0.802. The van der Waals surface area contributed by atoms with Crippen molar-refractivity contribution < 1.29 is 19.0 Å². The lowest BCUT2D eigenvalue weighted by atomic mass is 9.98. The van der Waals surface area contributed by atoms with Gasteiger partial charge in [0, 0.05) is 24.5 Å². The van der Waals surface area contributed by atoms with Crippen molar-refractivity contribution in [3.8, 4) is 11.6 Å². The number of hydrogen-bond donors (Lipinski definition) is 0. The molecule has 0 N–H and O–H groups in total. The summed E-state index contributed by atoms with van der Waals surface area (Å²) in [6.45, 7) is 7.67. The summed E-state index contributed by atoms with van der Waals surface area (Å²) in [5.74, 6) is 1.75. The number of amides is 1. The molecule has 2 heterocycles. The van der Waals surface area contributed by atoms with Crippen LogP contribution in [0.1, 0.15) is 33.6 Å². The van der Waals surface area contributed by atoms with Gasteiger partial charge in [-0.3, -0.25) is 0 Å². The van der Waals surface area contributed by atoms with E-state index in [1.54, 1.807) is 12.0 Å². The molecule has 27 heavy (non-hydrogen) atoms. The van der Waals surface area contributed by atoms with Crippen LogP contribution in [0.3, 0.4) is 0 Å². The average Bonchev–Trinajstić information content (AvgIpc) is 2.65. The molecule has 1 aromatic carbocycles.